The van der Waals surface area contributed by atoms with E-state index in [1.54, 1.807) is 11.0 Å². The molecule has 0 bridgehead atoms. The molecule has 2 heterocycles. The van der Waals surface area contributed by atoms with E-state index in [0.29, 0.717) is 25.4 Å². The van der Waals surface area contributed by atoms with Crippen LogP contribution in [0.5, 0.6) is 0 Å². The molecule has 2 aromatic rings. The van der Waals surface area contributed by atoms with Crippen molar-refractivity contribution in [2.24, 2.45) is 0 Å². The molecule has 1 aromatic carbocycles. The van der Waals surface area contributed by atoms with E-state index in [1.807, 2.05) is 48.0 Å². The van der Waals surface area contributed by atoms with E-state index in [0.717, 1.165) is 42.4 Å². The maximum atomic E-state index is 12.7. The van der Waals surface area contributed by atoms with Gasteiger partial charge in [0.15, 0.2) is 0 Å². The van der Waals surface area contributed by atoms with Gasteiger partial charge in [-0.25, -0.2) is 4.79 Å². The number of aromatic nitrogens is 1. The first-order valence-corrected chi connectivity index (χ1v) is 10.9. The average Bonchev–Trinajstić information content (AvgIpc) is 3.51. The highest BCUT2D eigenvalue weighted by Crippen LogP contribution is 2.41. The standard InChI is InChI=1S/C24H28N2O4/c1-16(25-13-11-24(30-23(25)29)10-8-21(27)15-24)17-2-4-18(5-3-17)19-9-12-26(20-6-7-20)22(28)14-19/h2-5,9,12,14,16,20-21,27H,6-8,10-11,13,15H2,1H3/t16-,21+,24-/m0/s1. The number of pyridine rings is 1. The van der Waals surface area contributed by atoms with Gasteiger partial charge in [0, 0.05) is 37.7 Å². The smallest absolute Gasteiger partial charge is 0.410 e. The average molecular weight is 408 g/mol. The number of nitrogens with zero attached hydrogens (tertiary/aromatic N) is 2. The number of hydrogen-bond acceptors (Lipinski definition) is 4. The molecule has 3 aliphatic rings. The van der Waals surface area contributed by atoms with Crippen LogP contribution in [0.1, 0.15) is 63.1 Å². The van der Waals surface area contributed by atoms with Crippen LogP contribution in [0, 0.1) is 0 Å². The lowest BCUT2D eigenvalue weighted by Gasteiger charge is -2.41. The molecule has 1 amide bonds. The minimum atomic E-state index is -0.475. The number of amides is 1. The van der Waals surface area contributed by atoms with E-state index in [-0.39, 0.29) is 23.8 Å². The predicted octanol–water partition coefficient (Wildman–Crippen LogP) is 4.04. The Kier molecular flexibility index (Phi) is 4.69. The first-order chi connectivity index (χ1) is 14.4. The fourth-order valence-electron chi connectivity index (χ4n) is 4.90. The lowest BCUT2D eigenvalue weighted by molar-refractivity contribution is -0.0572. The fraction of sp³-hybridized carbons (Fsp3) is 0.500. The van der Waals surface area contributed by atoms with Crippen LogP contribution >= 0.6 is 0 Å². The molecule has 6 nitrogen and oxygen atoms in total. The van der Waals surface area contributed by atoms with Crippen LogP contribution < -0.4 is 5.56 Å². The Bertz CT molecular complexity index is 1010. The van der Waals surface area contributed by atoms with Crippen LogP contribution in [-0.4, -0.2) is 38.9 Å². The molecule has 1 spiro atoms. The maximum Gasteiger partial charge on any atom is 0.410 e. The van der Waals surface area contributed by atoms with Crippen molar-refractivity contribution in [2.75, 3.05) is 6.54 Å². The molecular formula is C24H28N2O4. The van der Waals surface area contributed by atoms with Gasteiger partial charge in [-0.2, -0.15) is 0 Å². The summed E-state index contributed by atoms with van der Waals surface area (Å²) in [4.78, 5) is 26.8. The molecule has 3 fully saturated rings. The van der Waals surface area contributed by atoms with E-state index in [9.17, 15) is 14.7 Å². The molecule has 1 N–H and O–H groups in total. The molecule has 158 valence electrons. The molecule has 0 radical (unpaired) electrons. The first-order valence-electron chi connectivity index (χ1n) is 10.9. The summed E-state index contributed by atoms with van der Waals surface area (Å²) in [6, 6.07) is 12.0. The van der Waals surface area contributed by atoms with Crippen molar-refractivity contribution in [3.05, 3.63) is 58.5 Å². The molecule has 1 aromatic heterocycles. The van der Waals surface area contributed by atoms with Gasteiger partial charge in [0.25, 0.3) is 5.56 Å². The topological polar surface area (TPSA) is 71.8 Å². The van der Waals surface area contributed by atoms with Crippen molar-refractivity contribution in [3.63, 3.8) is 0 Å². The third-order valence-electron chi connectivity index (χ3n) is 6.97. The number of benzene rings is 1. The Hall–Kier alpha value is -2.60. The summed E-state index contributed by atoms with van der Waals surface area (Å²) in [7, 11) is 0. The number of aliphatic hydroxyl groups is 1. The van der Waals surface area contributed by atoms with E-state index >= 15 is 0 Å². The van der Waals surface area contributed by atoms with Crippen LogP contribution in [0.25, 0.3) is 11.1 Å². The lowest BCUT2D eigenvalue weighted by atomic mass is 9.94. The Labute approximate surface area is 176 Å². The van der Waals surface area contributed by atoms with Crippen molar-refractivity contribution in [1.82, 2.24) is 9.47 Å². The third-order valence-corrected chi connectivity index (χ3v) is 6.97. The van der Waals surface area contributed by atoms with Gasteiger partial charge in [0.05, 0.1) is 12.1 Å². The Balaban J connectivity index is 1.29. The van der Waals surface area contributed by atoms with Crippen LogP contribution in [0.2, 0.25) is 0 Å². The van der Waals surface area contributed by atoms with Crippen LogP contribution in [0.3, 0.4) is 0 Å². The second-order valence-electron chi connectivity index (χ2n) is 9.08. The van der Waals surface area contributed by atoms with Crippen molar-refractivity contribution in [2.45, 2.75) is 69.2 Å². The summed E-state index contributed by atoms with van der Waals surface area (Å²) in [5.41, 5.74) is 2.51. The molecule has 2 saturated carbocycles. The van der Waals surface area contributed by atoms with E-state index in [1.165, 1.54) is 0 Å². The largest absolute Gasteiger partial charge is 0.443 e. The van der Waals surface area contributed by atoms with Crippen LogP contribution in [0.4, 0.5) is 4.79 Å². The van der Waals surface area contributed by atoms with Gasteiger partial charge in [-0.05, 0) is 55.4 Å². The number of rotatable bonds is 4. The maximum absolute atomic E-state index is 12.7. The molecule has 3 atom stereocenters. The van der Waals surface area contributed by atoms with Crippen LogP contribution in [0.15, 0.2) is 47.4 Å². The molecule has 1 saturated heterocycles. The second-order valence-corrected chi connectivity index (χ2v) is 9.08. The van der Waals surface area contributed by atoms with Gasteiger partial charge in [-0.3, -0.25) is 4.79 Å². The molecule has 5 rings (SSSR count). The highest BCUT2D eigenvalue weighted by Gasteiger charge is 2.46. The van der Waals surface area contributed by atoms with Gasteiger partial charge in [0.2, 0.25) is 0 Å². The molecule has 30 heavy (non-hydrogen) atoms. The summed E-state index contributed by atoms with van der Waals surface area (Å²) < 4.78 is 7.61. The minimum absolute atomic E-state index is 0.0504. The van der Waals surface area contributed by atoms with Gasteiger partial charge in [-0.1, -0.05) is 24.3 Å². The molecule has 6 heteroatoms. The molecule has 0 unspecified atom stereocenters. The molecule has 2 aliphatic carbocycles. The Morgan fingerprint density at radius 1 is 1.07 bits per heavy atom. The summed E-state index contributed by atoms with van der Waals surface area (Å²) in [5.74, 6) is 0. The second kappa shape index (κ2) is 7.27. The third kappa shape index (κ3) is 3.54. The van der Waals surface area contributed by atoms with Crippen molar-refractivity contribution in [3.8, 4) is 11.1 Å². The van der Waals surface area contributed by atoms with E-state index < -0.39 is 5.60 Å². The Morgan fingerprint density at radius 3 is 2.43 bits per heavy atom. The highest BCUT2D eigenvalue weighted by molar-refractivity contribution is 5.70. The van der Waals surface area contributed by atoms with E-state index in [2.05, 4.69) is 0 Å². The number of carbonyl (C=O) groups excluding carboxylic acids is 1. The van der Waals surface area contributed by atoms with Crippen LogP contribution in [-0.2, 0) is 4.74 Å². The van der Waals surface area contributed by atoms with Gasteiger partial charge in [0.1, 0.15) is 5.60 Å². The van der Waals surface area contributed by atoms with E-state index in [4.69, 9.17) is 4.74 Å². The minimum Gasteiger partial charge on any atom is -0.443 e. The highest BCUT2D eigenvalue weighted by atomic mass is 16.6. The van der Waals surface area contributed by atoms with Gasteiger partial charge >= 0.3 is 6.09 Å². The predicted molar refractivity (Wildman–Crippen MR) is 113 cm³/mol. The summed E-state index contributed by atoms with van der Waals surface area (Å²) in [6.45, 7) is 2.64. The zero-order valence-electron chi connectivity index (χ0n) is 17.3. The lowest BCUT2D eigenvalue weighted by Crippen LogP contribution is -2.49. The zero-order chi connectivity index (χ0) is 20.9. The summed E-state index contributed by atoms with van der Waals surface area (Å²) >= 11 is 0. The van der Waals surface area contributed by atoms with Crippen molar-refractivity contribution in [1.29, 1.82) is 0 Å². The zero-order valence-corrected chi connectivity index (χ0v) is 17.3. The van der Waals surface area contributed by atoms with Gasteiger partial charge in [-0.15, -0.1) is 0 Å². The molecule has 1 aliphatic heterocycles. The Morgan fingerprint density at radius 2 is 1.83 bits per heavy atom. The normalized spacial score (nSPS) is 27.3. The molecular weight excluding hydrogens is 380 g/mol. The first kappa shape index (κ1) is 19.4. The van der Waals surface area contributed by atoms with Gasteiger partial charge < -0.3 is 19.3 Å². The quantitative estimate of drug-likeness (QED) is 0.829. The van der Waals surface area contributed by atoms with Crippen molar-refractivity contribution < 1.29 is 14.6 Å². The summed E-state index contributed by atoms with van der Waals surface area (Å²) in [6.07, 6.45) is 6.18. The summed E-state index contributed by atoms with van der Waals surface area (Å²) in [5, 5.41) is 9.84. The SMILES string of the molecule is C[C@@H](c1ccc(-c2ccn(C3CC3)c(=O)c2)cc1)N1CC[C@]2(CC[C@@H](O)C2)OC1=O. The number of aliphatic hydroxyl groups excluding tert-OH is 1. The monoisotopic (exact) mass is 408 g/mol. The number of ether oxygens (including phenoxy) is 1. The fourth-order valence-corrected chi connectivity index (χ4v) is 4.90. The van der Waals surface area contributed by atoms with Crippen molar-refractivity contribution >= 4 is 6.09 Å². The number of hydrogen-bond donors (Lipinski definition) is 1. The number of carbonyl (C=O) groups is 1.